The maximum atomic E-state index is 12.3. The molecule has 4 nitrogen and oxygen atoms in total. The van der Waals surface area contributed by atoms with E-state index in [2.05, 4.69) is 26.7 Å². The summed E-state index contributed by atoms with van der Waals surface area (Å²) in [5, 5.41) is 5.21. The minimum absolute atomic E-state index is 0.104. The minimum atomic E-state index is -0.136. The highest BCUT2D eigenvalue weighted by Gasteiger charge is 2.28. The molecule has 2 heterocycles. The van der Waals surface area contributed by atoms with Gasteiger partial charge in [-0.3, -0.25) is 9.78 Å². The van der Waals surface area contributed by atoms with Gasteiger partial charge in [0.2, 0.25) is 0 Å². The zero-order valence-corrected chi connectivity index (χ0v) is 12.0. The van der Waals surface area contributed by atoms with E-state index in [1.807, 2.05) is 6.07 Å². The molecule has 1 aliphatic carbocycles. The summed E-state index contributed by atoms with van der Waals surface area (Å²) in [5.41, 5.74) is 0.382. The van der Waals surface area contributed by atoms with Crippen molar-refractivity contribution >= 4 is 17.2 Å². The van der Waals surface area contributed by atoms with Crippen molar-refractivity contribution in [2.24, 2.45) is 5.92 Å². The quantitative estimate of drug-likeness (QED) is 0.939. The molecule has 0 aliphatic heterocycles. The normalized spacial score (nSPS) is 17.0. The van der Waals surface area contributed by atoms with Gasteiger partial charge in [-0.1, -0.05) is 18.9 Å². The SMILES string of the molecule is O=C(N[C@H](c1cccs1)C1CCCC1)c1cnccn1. The number of carbonyl (C=O) groups excluding carboxylic acids is 1. The van der Waals surface area contributed by atoms with Gasteiger partial charge < -0.3 is 5.32 Å². The predicted octanol–water partition coefficient (Wildman–Crippen LogP) is 3.20. The average Bonchev–Trinajstić information content (AvgIpc) is 3.19. The van der Waals surface area contributed by atoms with Gasteiger partial charge in [0.05, 0.1) is 12.2 Å². The van der Waals surface area contributed by atoms with Crippen molar-refractivity contribution in [1.29, 1.82) is 0 Å². The summed E-state index contributed by atoms with van der Waals surface area (Å²) in [6, 6.07) is 4.24. The molecule has 0 unspecified atom stereocenters. The Morgan fingerprint density at radius 3 is 2.85 bits per heavy atom. The lowest BCUT2D eigenvalue weighted by Gasteiger charge is -2.23. The van der Waals surface area contributed by atoms with Crippen molar-refractivity contribution in [3.8, 4) is 0 Å². The highest BCUT2D eigenvalue weighted by Crippen LogP contribution is 2.37. The van der Waals surface area contributed by atoms with Crippen molar-refractivity contribution in [3.63, 3.8) is 0 Å². The van der Waals surface area contributed by atoms with Gasteiger partial charge in [0.1, 0.15) is 5.69 Å². The summed E-state index contributed by atoms with van der Waals surface area (Å²) in [6.07, 6.45) is 9.51. The lowest BCUT2D eigenvalue weighted by atomic mass is 9.96. The molecule has 0 bridgehead atoms. The van der Waals surface area contributed by atoms with Crippen molar-refractivity contribution in [2.75, 3.05) is 0 Å². The molecule has 1 saturated carbocycles. The topological polar surface area (TPSA) is 54.9 Å². The van der Waals surface area contributed by atoms with Crippen LogP contribution in [0.5, 0.6) is 0 Å². The van der Waals surface area contributed by atoms with Crippen LogP contribution in [0.4, 0.5) is 0 Å². The zero-order valence-electron chi connectivity index (χ0n) is 11.2. The molecule has 1 N–H and O–H groups in total. The van der Waals surface area contributed by atoms with Gasteiger partial charge in [-0.05, 0) is 30.2 Å². The molecule has 2 aromatic heterocycles. The predicted molar refractivity (Wildman–Crippen MR) is 78.5 cm³/mol. The summed E-state index contributed by atoms with van der Waals surface area (Å²) in [6.45, 7) is 0. The lowest BCUT2D eigenvalue weighted by molar-refractivity contribution is 0.0917. The zero-order chi connectivity index (χ0) is 13.8. The maximum absolute atomic E-state index is 12.3. The number of rotatable bonds is 4. The maximum Gasteiger partial charge on any atom is 0.271 e. The van der Waals surface area contributed by atoms with Crippen molar-refractivity contribution in [3.05, 3.63) is 46.7 Å². The smallest absolute Gasteiger partial charge is 0.271 e. The van der Waals surface area contributed by atoms with Crippen LogP contribution in [0.2, 0.25) is 0 Å². The summed E-state index contributed by atoms with van der Waals surface area (Å²) < 4.78 is 0. The van der Waals surface area contributed by atoms with Gasteiger partial charge in [0.15, 0.2) is 0 Å². The van der Waals surface area contributed by atoms with E-state index >= 15 is 0 Å². The fourth-order valence-electron chi connectivity index (χ4n) is 2.81. The van der Waals surface area contributed by atoms with Crippen LogP contribution in [0.15, 0.2) is 36.1 Å². The minimum Gasteiger partial charge on any atom is -0.343 e. The Morgan fingerprint density at radius 2 is 2.20 bits per heavy atom. The third-order valence-corrected chi connectivity index (χ3v) is 4.76. The molecule has 5 heteroatoms. The second kappa shape index (κ2) is 6.13. The molecule has 0 aromatic carbocycles. The van der Waals surface area contributed by atoms with Crippen LogP contribution in [0.25, 0.3) is 0 Å². The summed E-state index contributed by atoms with van der Waals surface area (Å²) in [4.78, 5) is 21.5. The van der Waals surface area contributed by atoms with Crippen LogP contribution in [0.1, 0.15) is 47.1 Å². The Hall–Kier alpha value is -1.75. The van der Waals surface area contributed by atoms with E-state index in [4.69, 9.17) is 0 Å². The molecular formula is C15H17N3OS. The van der Waals surface area contributed by atoms with Gasteiger partial charge in [0.25, 0.3) is 5.91 Å². The standard InChI is InChI=1S/C15H17N3OS/c19-15(12-10-16-7-8-17-12)18-14(11-4-1-2-5-11)13-6-3-9-20-13/h3,6-11,14H,1-2,4-5H2,(H,18,19)/t14-/m0/s1. The van der Waals surface area contributed by atoms with Crippen LogP contribution in [-0.4, -0.2) is 15.9 Å². The first-order chi connectivity index (χ1) is 9.84. The van der Waals surface area contributed by atoms with E-state index < -0.39 is 0 Å². The molecular weight excluding hydrogens is 270 g/mol. The third kappa shape index (κ3) is 2.88. The molecule has 1 fully saturated rings. The summed E-state index contributed by atoms with van der Waals surface area (Å²) >= 11 is 1.70. The second-order valence-electron chi connectivity index (χ2n) is 5.10. The molecule has 1 atom stereocenters. The Kier molecular flexibility index (Phi) is 4.06. The number of hydrogen-bond donors (Lipinski definition) is 1. The first kappa shape index (κ1) is 13.2. The number of nitrogens with zero attached hydrogens (tertiary/aromatic N) is 2. The average molecular weight is 287 g/mol. The van der Waals surface area contributed by atoms with Gasteiger partial charge in [0, 0.05) is 17.3 Å². The fraction of sp³-hybridized carbons (Fsp3) is 0.400. The van der Waals surface area contributed by atoms with Gasteiger partial charge in [-0.2, -0.15) is 0 Å². The number of aromatic nitrogens is 2. The van der Waals surface area contributed by atoms with Gasteiger partial charge in [-0.15, -0.1) is 11.3 Å². The Labute approximate surface area is 122 Å². The van der Waals surface area contributed by atoms with Crippen LogP contribution in [0.3, 0.4) is 0 Å². The number of amides is 1. The highest BCUT2D eigenvalue weighted by atomic mass is 32.1. The van der Waals surface area contributed by atoms with Crippen molar-refractivity contribution < 1.29 is 4.79 Å². The van der Waals surface area contributed by atoms with E-state index in [9.17, 15) is 4.79 Å². The number of hydrogen-bond acceptors (Lipinski definition) is 4. The van der Waals surface area contributed by atoms with Gasteiger partial charge >= 0.3 is 0 Å². The van der Waals surface area contributed by atoms with Crippen molar-refractivity contribution in [1.82, 2.24) is 15.3 Å². The van der Waals surface area contributed by atoms with E-state index in [0.29, 0.717) is 11.6 Å². The van der Waals surface area contributed by atoms with Crippen LogP contribution >= 0.6 is 11.3 Å². The monoisotopic (exact) mass is 287 g/mol. The molecule has 2 aromatic rings. The Bertz CT molecular complexity index is 550. The van der Waals surface area contributed by atoms with E-state index in [-0.39, 0.29) is 11.9 Å². The number of nitrogens with one attached hydrogen (secondary N) is 1. The molecule has 0 spiro atoms. The first-order valence-corrected chi connectivity index (χ1v) is 7.83. The van der Waals surface area contributed by atoms with Crippen LogP contribution in [0, 0.1) is 5.92 Å². The Morgan fingerprint density at radius 1 is 1.35 bits per heavy atom. The van der Waals surface area contributed by atoms with Gasteiger partial charge in [-0.25, -0.2) is 4.98 Å². The number of carbonyl (C=O) groups is 1. The Balaban J connectivity index is 1.78. The molecule has 104 valence electrons. The highest BCUT2D eigenvalue weighted by molar-refractivity contribution is 7.10. The van der Waals surface area contributed by atoms with E-state index in [1.54, 1.807) is 23.7 Å². The van der Waals surface area contributed by atoms with E-state index in [0.717, 1.165) is 0 Å². The van der Waals surface area contributed by atoms with Crippen LogP contribution < -0.4 is 5.32 Å². The van der Waals surface area contributed by atoms with Crippen LogP contribution in [-0.2, 0) is 0 Å². The third-order valence-electron chi connectivity index (χ3n) is 3.80. The molecule has 0 saturated heterocycles. The molecule has 0 radical (unpaired) electrons. The first-order valence-electron chi connectivity index (χ1n) is 6.95. The second-order valence-corrected chi connectivity index (χ2v) is 6.08. The fourth-order valence-corrected chi connectivity index (χ4v) is 3.68. The largest absolute Gasteiger partial charge is 0.343 e. The molecule has 1 aliphatic rings. The summed E-state index contributed by atoms with van der Waals surface area (Å²) in [5.74, 6) is 0.401. The molecule has 1 amide bonds. The van der Waals surface area contributed by atoms with E-state index in [1.165, 1.54) is 36.8 Å². The lowest BCUT2D eigenvalue weighted by Crippen LogP contribution is -2.32. The summed E-state index contributed by atoms with van der Waals surface area (Å²) in [7, 11) is 0. The number of thiophene rings is 1. The van der Waals surface area contributed by atoms with Crippen molar-refractivity contribution in [2.45, 2.75) is 31.7 Å². The molecule has 20 heavy (non-hydrogen) atoms. The molecule has 3 rings (SSSR count).